The second kappa shape index (κ2) is 11.3. The van der Waals surface area contributed by atoms with Crippen LogP contribution in [0.2, 0.25) is 0 Å². The molecule has 1 saturated heterocycles. The Kier molecular flexibility index (Phi) is 8.79. The number of aliphatic carboxylic acids is 2. The molecule has 45 heavy (non-hydrogen) atoms. The van der Waals surface area contributed by atoms with Gasteiger partial charge < -0.3 is 52.6 Å². The molecule has 24 heteroatoms. The third kappa shape index (κ3) is 5.24. The van der Waals surface area contributed by atoms with Crippen molar-refractivity contribution < 1.29 is 56.0 Å². The second-order valence-corrected chi connectivity index (χ2v) is 12.4. The fraction of sp³-hybridized carbons (Fsp3) is 0.571. The van der Waals surface area contributed by atoms with Crippen LogP contribution in [0.15, 0.2) is 25.1 Å². The summed E-state index contributed by atoms with van der Waals surface area (Å²) in [4.78, 5) is 42.1. The SMILES string of the molecule is NC[C@@H]1[C@H]2CN3C(=O)c4cc(Br)c(Br)n4[C@@H]4N=C(N)N[C@@]43[C@@H]2[C@]2(NC(N)=N[C@H]2O)[C@H]1Cl.O=C(O)C(F)(F)F.O=C(O)C(F)(F)F. The number of nitrogens with one attached hydrogen (secondary N) is 2. The highest BCUT2D eigenvalue weighted by Gasteiger charge is 2.79. The Hall–Kier alpha value is -3.02. The van der Waals surface area contributed by atoms with Gasteiger partial charge in [-0.2, -0.15) is 26.3 Å². The molecule has 15 nitrogen and oxygen atoms in total. The molecule has 1 aliphatic carbocycles. The van der Waals surface area contributed by atoms with Gasteiger partial charge in [-0.25, -0.2) is 19.6 Å². The monoisotopic (exact) mass is 803 g/mol. The van der Waals surface area contributed by atoms with Gasteiger partial charge in [0, 0.05) is 12.5 Å². The summed E-state index contributed by atoms with van der Waals surface area (Å²) in [6, 6.07) is 1.76. The molecule has 5 heterocycles. The molecule has 1 aromatic rings. The molecule has 8 atom stereocenters. The fourth-order valence-electron chi connectivity index (χ4n) is 6.60. The summed E-state index contributed by atoms with van der Waals surface area (Å²) in [5, 5.41) is 31.2. The van der Waals surface area contributed by atoms with Gasteiger partial charge in [-0.15, -0.1) is 11.6 Å². The number of alkyl halides is 7. The molecular formula is C21H22Br2ClF6N9O6. The molecule has 1 aromatic heterocycles. The lowest BCUT2D eigenvalue weighted by molar-refractivity contribution is -0.193. The van der Waals surface area contributed by atoms with E-state index in [-0.39, 0.29) is 36.2 Å². The highest BCUT2D eigenvalue weighted by Crippen LogP contribution is 2.63. The van der Waals surface area contributed by atoms with Crippen molar-refractivity contribution in [2.24, 2.45) is 44.9 Å². The molecule has 1 amide bonds. The maximum atomic E-state index is 13.7. The number of hydrogen-bond donors (Lipinski definition) is 8. The second-order valence-electron chi connectivity index (χ2n) is 10.3. The van der Waals surface area contributed by atoms with Crippen LogP contribution in [0.4, 0.5) is 26.3 Å². The zero-order valence-electron chi connectivity index (χ0n) is 21.9. The predicted octanol–water partition coefficient (Wildman–Crippen LogP) is 0.265. The molecule has 0 bridgehead atoms. The number of carbonyl (C=O) groups is 3. The van der Waals surface area contributed by atoms with Gasteiger partial charge >= 0.3 is 24.3 Å². The summed E-state index contributed by atoms with van der Waals surface area (Å²) in [6.07, 6.45) is -12.0. The molecule has 0 unspecified atom stereocenters. The summed E-state index contributed by atoms with van der Waals surface area (Å²) < 4.78 is 66.7. The van der Waals surface area contributed by atoms with E-state index in [1.54, 1.807) is 11.0 Å². The van der Waals surface area contributed by atoms with Crippen molar-refractivity contribution in [2.45, 2.75) is 41.3 Å². The predicted molar refractivity (Wildman–Crippen MR) is 147 cm³/mol. The number of amides is 1. The molecule has 0 aromatic carbocycles. The number of nitrogens with zero attached hydrogens (tertiary/aromatic N) is 4. The van der Waals surface area contributed by atoms with Gasteiger partial charge in [-0.3, -0.25) is 4.79 Å². The van der Waals surface area contributed by atoms with E-state index < -0.39 is 59.2 Å². The van der Waals surface area contributed by atoms with Crippen molar-refractivity contribution in [3.05, 3.63) is 20.8 Å². The number of aliphatic hydroxyl groups is 1. The number of carbonyl (C=O) groups excluding carboxylic acids is 1. The van der Waals surface area contributed by atoms with Gasteiger partial charge in [-0.1, -0.05) is 0 Å². The number of guanidine groups is 2. The van der Waals surface area contributed by atoms with Crippen LogP contribution in [0.5, 0.6) is 0 Å². The Bertz CT molecular complexity index is 1470. The molecule has 11 N–H and O–H groups in total. The Balaban J connectivity index is 0.000000277. The van der Waals surface area contributed by atoms with Gasteiger partial charge in [0.1, 0.15) is 15.8 Å². The number of fused-ring (bicyclic) bond motifs is 4. The number of nitrogens with two attached hydrogens (primary N) is 3. The van der Waals surface area contributed by atoms with Crippen molar-refractivity contribution in [3.63, 3.8) is 0 Å². The third-order valence-corrected chi connectivity index (χ3v) is 10.7. The van der Waals surface area contributed by atoms with Crippen LogP contribution in [0.3, 0.4) is 0 Å². The van der Waals surface area contributed by atoms with Crippen molar-refractivity contribution in [3.8, 4) is 0 Å². The van der Waals surface area contributed by atoms with Crippen LogP contribution < -0.4 is 27.8 Å². The summed E-state index contributed by atoms with van der Waals surface area (Å²) in [6.45, 7) is 0.670. The average molecular weight is 806 g/mol. The number of aliphatic imine (C=N–C) groups is 2. The van der Waals surface area contributed by atoms with E-state index in [4.69, 9.17) is 48.6 Å². The van der Waals surface area contributed by atoms with E-state index in [0.717, 1.165) is 4.47 Å². The van der Waals surface area contributed by atoms with E-state index in [2.05, 4.69) is 52.5 Å². The first-order chi connectivity index (χ1) is 20.6. The molecule has 1 saturated carbocycles. The van der Waals surface area contributed by atoms with Crippen molar-refractivity contribution >= 4 is 73.2 Å². The Morgan fingerprint density at radius 3 is 2.02 bits per heavy atom. The van der Waals surface area contributed by atoms with E-state index >= 15 is 0 Å². The number of aromatic nitrogens is 1. The summed E-state index contributed by atoms with van der Waals surface area (Å²) in [5.41, 5.74) is 16.6. The van der Waals surface area contributed by atoms with E-state index in [0.29, 0.717) is 16.8 Å². The first kappa shape index (κ1) is 34.8. The number of carboxylic acid groups (broad SMARTS) is 2. The average Bonchev–Trinajstić information content (AvgIpc) is 3.65. The first-order valence-electron chi connectivity index (χ1n) is 12.3. The lowest BCUT2D eigenvalue weighted by Gasteiger charge is -2.51. The van der Waals surface area contributed by atoms with Gasteiger partial charge in [0.15, 0.2) is 30.0 Å². The largest absolute Gasteiger partial charge is 0.490 e. The normalized spacial score (nSPS) is 34.1. The molecule has 6 rings (SSSR count). The maximum absolute atomic E-state index is 13.7. The molecule has 0 radical (unpaired) electrons. The van der Waals surface area contributed by atoms with Crippen LogP contribution >= 0.6 is 43.5 Å². The summed E-state index contributed by atoms with van der Waals surface area (Å²) >= 11 is 14.0. The third-order valence-electron chi connectivity index (χ3n) is 8.05. The number of aliphatic hydroxyl groups excluding tert-OH is 1. The first-order valence-corrected chi connectivity index (χ1v) is 14.3. The lowest BCUT2D eigenvalue weighted by Crippen LogP contribution is -2.74. The van der Waals surface area contributed by atoms with Crippen molar-refractivity contribution in [1.82, 2.24) is 20.1 Å². The highest BCUT2D eigenvalue weighted by molar-refractivity contribution is 9.13. The summed E-state index contributed by atoms with van der Waals surface area (Å²) in [5.74, 6) is -6.15. The minimum absolute atomic E-state index is 0.0978. The Morgan fingerprint density at radius 1 is 1.07 bits per heavy atom. The van der Waals surface area contributed by atoms with Crippen LogP contribution in [0.25, 0.3) is 0 Å². The zero-order valence-corrected chi connectivity index (χ0v) is 25.9. The van der Waals surface area contributed by atoms with E-state index in [1.807, 2.05) is 4.57 Å². The van der Waals surface area contributed by atoms with Crippen molar-refractivity contribution in [1.29, 1.82) is 0 Å². The summed E-state index contributed by atoms with van der Waals surface area (Å²) in [7, 11) is 0. The molecule has 250 valence electrons. The van der Waals surface area contributed by atoms with Gasteiger partial charge in [0.25, 0.3) is 5.91 Å². The van der Waals surface area contributed by atoms with Gasteiger partial charge in [-0.05, 0) is 56.3 Å². The van der Waals surface area contributed by atoms with Crippen LogP contribution in [0, 0.1) is 17.8 Å². The molecule has 2 spiro atoms. The van der Waals surface area contributed by atoms with Crippen LogP contribution in [-0.2, 0) is 9.59 Å². The Morgan fingerprint density at radius 2 is 1.58 bits per heavy atom. The topological polar surface area (TPSA) is 247 Å². The number of halogens is 9. The smallest absolute Gasteiger partial charge is 0.475 e. The minimum atomic E-state index is -5.08. The van der Waals surface area contributed by atoms with Gasteiger partial charge in [0.2, 0.25) is 0 Å². The Labute approximate surface area is 269 Å². The minimum Gasteiger partial charge on any atom is -0.475 e. The molecular weight excluding hydrogens is 784 g/mol. The van der Waals surface area contributed by atoms with E-state index in [9.17, 15) is 36.2 Å². The standard InChI is InChI=1S/C17H20Br2ClN9O2.2C2HF3O2/c18-6-1-7-11(30)28-3-5-4(2-21)9(20)16(13(31)25-15(23)26-16)8(5)17(28)12(24-14(22)27-17)29(7)10(6)19;2*3-2(4,5)1(6)7/h1,4-5,8-9,12-13,31H,2-3,21H2,(H3,22,24,27)(H3,23,25,26);2*(H,6,7)/t4-,5-,8+,9+,12+,13+,16+,17-;;/m1../s1. The number of rotatable bonds is 1. The molecule has 5 aliphatic rings. The fourth-order valence-corrected chi connectivity index (χ4v) is 8.10. The quantitative estimate of drug-likeness (QED) is 0.141. The number of carboxylic acids is 2. The number of hydrogen-bond acceptors (Lipinski definition) is 11. The lowest BCUT2D eigenvalue weighted by atomic mass is 9.73. The van der Waals surface area contributed by atoms with E-state index in [1.165, 1.54) is 0 Å². The zero-order chi connectivity index (χ0) is 34.2. The highest BCUT2D eigenvalue weighted by atomic mass is 79.9. The van der Waals surface area contributed by atoms with Crippen LogP contribution in [-0.4, -0.2) is 103 Å². The maximum Gasteiger partial charge on any atom is 0.490 e. The molecule has 2 fully saturated rings. The van der Waals surface area contributed by atoms with Crippen LogP contribution in [0.1, 0.15) is 16.7 Å². The molecule has 4 aliphatic heterocycles. The van der Waals surface area contributed by atoms with Gasteiger partial charge in [0.05, 0.1) is 9.85 Å². The van der Waals surface area contributed by atoms with Crippen molar-refractivity contribution in [2.75, 3.05) is 13.1 Å².